The summed E-state index contributed by atoms with van der Waals surface area (Å²) in [4.78, 5) is 5.08. The Balaban J connectivity index is 1.48. The summed E-state index contributed by atoms with van der Waals surface area (Å²) in [5, 5.41) is 17.2. The number of rotatable bonds is 10. The fourth-order valence-corrected chi connectivity index (χ4v) is 4.20. The molecule has 1 aliphatic heterocycles. The quantitative estimate of drug-likeness (QED) is 0.661. The lowest BCUT2D eigenvalue weighted by Crippen LogP contribution is -2.53. The molecule has 0 saturated carbocycles. The monoisotopic (exact) mass is 384 g/mol. The molecule has 0 radical (unpaired) electrons. The van der Waals surface area contributed by atoms with Gasteiger partial charge < -0.3 is 5.11 Å². The molecule has 5 heteroatoms. The van der Waals surface area contributed by atoms with Gasteiger partial charge in [-0.1, -0.05) is 44.2 Å². The van der Waals surface area contributed by atoms with Crippen LogP contribution in [0.5, 0.6) is 0 Å². The Bertz CT molecular complexity index is 685. The van der Waals surface area contributed by atoms with Crippen molar-refractivity contribution in [3.05, 3.63) is 53.3 Å². The molecule has 1 fully saturated rings. The smallest absolute Gasteiger partial charge is 0.0628 e. The average Bonchev–Trinajstić information content (AvgIpc) is 3.10. The van der Waals surface area contributed by atoms with Crippen LogP contribution < -0.4 is 0 Å². The Morgan fingerprint density at radius 1 is 1.21 bits per heavy atom. The maximum atomic E-state index is 9.54. The third kappa shape index (κ3) is 6.43. The molecule has 1 aromatic heterocycles. The molecule has 2 aromatic rings. The summed E-state index contributed by atoms with van der Waals surface area (Å²) in [5.74, 6) is 0.629. The highest BCUT2D eigenvalue weighted by atomic mass is 16.3. The number of hydrogen-bond donors (Lipinski definition) is 2. The fourth-order valence-electron chi connectivity index (χ4n) is 4.20. The van der Waals surface area contributed by atoms with Gasteiger partial charge in [-0.2, -0.15) is 5.10 Å². The van der Waals surface area contributed by atoms with Crippen molar-refractivity contribution >= 4 is 0 Å². The van der Waals surface area contributed by atoms with Crippen molar-refractivity contribution in [2.45, 2.75) is 52.1 Å². The molecule has 1 saturated heterocycles. The van der Waals surface area contributed by atoms with Gasteiger partial charge in [0, 0.05) is 44.5 Å². The van der Waals surface area contributed by atoms with Crippen LogP contribution in [0.3, 0.4) is 0 Å². The fraction of sp³-hybridized carbons (Fsp3) is 0.609. The van der Waals surface area contributed by atoms with Crippen LogP contribution >= 0.6 is 0 Å². The molecule has 3 rings (SSSR count). The van der Waals surface area contributed by atoms with Gasteiger partial charge >= 0.3 is 0 Å². The van der Waals surface area contributed by atoms with E-state index in [-0.39, 0.29) is 6.61 Å². The van der Waals surface area contributed by atoms with E-state index >= 15 is 0 Å². The number of aliphatic hydroxyl groups is 1. The van der Waals surface area contributed by atoms with Crippen LogP contribution in [-0.4, -0.2) is 63.9 Å². The first kappa shape index (κ1) is 21.0. The SMILES string of the molecule is CC(C)Cc1cc(CN2CCN(CCCc3ccccc3)[C@H](CCO)C2)[nH]n1. The molecular weight excluding hydrogens is 348 g/mol. The molecule has 1 atom stereocenters. The highest BCUT2D eigenvalue weighted by Crippen LogP contribution is 2.17. The summed E-state index contributed by atoms with van der Waals surface area (Å²) in [6.45, 7) is 9.91. The van der Waals surface area contributed by atoms with Crippen LogP contribution in [0.4, 0.5) is 0 Å². The number of hydrogen-bond acceptors (Lipinski definition) is 4. The molecule has 0 unspecified atom stereocenters. The Labute approximate surface area is 169 Å². The Kier molecular flexibility index (Phi) is 8.07. The minimum atomic E-state index is 0.260. The normalized spacial score (nSPS) is 18.8. The van der Waals surface area contributed by atoms with Crippen LogP contribution in [0.15, 0.2) is 36.4 Å². The molecular formula is C23H36N4O. The minimum Gasteiger partial charge on any atom is -0.396 e. The molecule has 1 aliphatic rings. The Morgan fingerprint density at radius 2 is 2.04 bits per heavy atom. The number of aryl methyl sites for hydroxylation is 1. The number of benzene rings is 1. The molecule has 2 N–H and O–H groups in total. The van der Waals surface area contributed by atoms with Gasteiger partial charge in [0.2, 0.25) is 0 Å². The number of nitrogens with one attached hydrogen (secondary N) is 1. The van der Waals surface area contributed by atoms with Crippen molar-refractivity contribution in [3.8, 4) is 0 Å². The Morgan fingerprint density at radius 3 is 2.79 bits per heavy atom. The molecule has 0 amide bonds. The Hall–Kier alpha value is -1.69. The maximum Gasteiger partial charge on any atom is 0.0628 e. The summed E-state index contributed by atoms with van der Waals surface area (Å²) >= 11 is 0. The van der Waals surface area contributed by atoms with E-state index in [1.165, 1.54) is 17.7 Å². The molecule has 28 heavy (non-hydrogen) atoms. The first-order valence-electron chi connectivity index (χ1n) is 10.8. The zero-order chi connectivity index (χ0) is 19.8. The average molecular weight is 385 g/mol. The molecule has 2 heterocycles. The van der Waals surface area contributed by atoms with Crippen LogP contribution in [0.1, 0.15) is 43.6 Å². The lowest BCUT2D eigenvalue weighted by atomic mass is 10.1. The van der Waals surface area contributed by atoms with Gasteiger partial charge in [0.1, 0.15) is 0 Å². The van der Waals surface area contributed by atoms with Gasteiger partial charge in [-0.05, 0) is 49.8 Å². The van der Waals surface area contributed by atoms with Crippen molar-refractivity contribution in [2.75, 3.05) is 32.8 Å². The first-order valence-corrected chi connectivity index (χ1v) is 10.8. The highest BCUT2D eigenvalue weighted by molar-refractivity contribution is 5.14. The van der Waals surface area contributed by atoms with E-state index in [2.05, 4.69) is 70.2 Å². The van der Waals surface area contributed by atoms with Crippen molar-refractivity contribution < 1.29 is 5.11 Å². The predicted molar refractivity (Wildman–Crippen MR) is 114 cm³/mol. The van der Waals surface area contributed by atoms with Crippen molar-refractivity contribution in [2.24, 2.45) is 5.92 Å². The van der Waals surface area contributed by atoms with Gasteiger partial charge in [-0.3, -0.25) is 14.9 Å². The molecule has 0 spiro atoms. The van der Waals surface area contributed by atoms with E-state index in [1.807, 2.05) is 0 Å². The second kappa shape index (κ2) is 10.7. The van der Waals surface area contributed by atoms with Crippen molar-refractivity contribution in [1.82, 2.24) is 20.0 Å². The van der Waals surface area contributed by atoms with Crippen LogP contribution in [0, 0.1) is 5.92 Å². The summed E-state index contributed by atoms with van der Waals surface area (Å²) in [5.41, 5.74) is 3.78. The van der Waals surface area contributed by atoms with Gasteiger partial charge in [-0.15, -0.1) is 0 Å². The highest BCUT2D eigenvalue weighted by Gasteiger charge is 2.26. The van der Waals surface area contributed by atoms with Gasteiger partial charge in [0.05, 0.1) is 5.69 Å². The topological polar surface area (TPSA) is 55.4 Å². The zero-order valence-electron chi connectivity index (χ0n) is 17.5. The lowest BCUT2D eigenvalue weighted by Gasteiger charge is -2.41. The van der Waals surface area contributed by atoms with Crippen molar-refractivity contribution in [3.63, 3.8) is 0 Å². The third-order valence-electron chi connectivity index (χ3n) is 5.60. The first-order chi connectivity index (χ1) is 13.6. The number of aliphatic hydroxyl groups excluding tert-OH is 1. The van der Waals surface area contributed by atoms with Gasteiger partial charge in [0.25, 0.3) is 0 Å². The van der Waals surface area contributed by atoms with Crippen LogP contribution in [0.25, 0.3) is 0 Å². The molecule has 0 bridgehead atoms. The van der Waals surface area contributed by atoms with E-state index in [9.17, 15) is 5.11 Å². The summed E-state index contributed by atoms with van der Waals surface area (Å²) in [7, 11) is 0. The van der Waals surface area contributed by atoms with Crippen molar-refractivity contribution in [1.29, 1.82) is 0 Å². The van der Waals surface area contributed by atoms with Crippen LogP contribution in [0.2, 0.25) is 0 Å². The molecule has 1 aromatic carbocycles. The number of nitrogens with zero attached hydrogens (tertiary/aromatic N) is 3. The summed E-state index contributed by atoms with van der Waals surface area (Å²) in [6, 6.07) is 13.4. The maximum absolute atomic E-state index is 9.54. The predicted octanol–water partition coefficient (Wildman–Crippen LogP) is 3.11. The number of H-pyrrole nitrogens is 1. The van der Waals surface area contributed by atoms with E-state index in [0.717, 1.165) is 57.7 Å². The number of aromatic nitrogens is 2. The largest absolute Gasteiger partial charge is 0.396 e. The number of aromatic amines is 1. The lowest BCUT2D eigenvalue weighted by molar-refractivity contribution is 0.0541. The van der Waals surface area contributed by atoms with E-state index < -0.39 is 0 Å². The molecule has 0 aliphatic carbocycles. The minimum absolute atomic E-state index is 0.260. The molecule has 154 valence electrons. The summed E-state index contributed by atoms with van der Waals surface area (Å²) < 4.78 is 0. The van der Waals surface area contributed by atoms with Gasteiger partial charge in [-0.25, -0.2) is 0 Å². The van der Waals surface area contributed by atoms with Gasteiger partial charge in [0.15, 0.2) is 0 Å². The standard InChI is InChI=1S/C23H36N4O/c1-19(2)15-21-16-22(25-24-21)17-26-12-13-27(23(18-26)10-14-28)11-6-9-20-7-4-3-5-8-20/h3-5,7-8,16,19,23,28H,6,9-15,17-18H2,1-2H3,(H,24,25)/t23-/m1/s1. The second-order valence-electron chi connectivity index (χ2n) is 8.51. The second-order valence-corrected chi connectivity index (χ2v) is 8.51. The summed E-state index contributed by atoms with van der Waals surface area (Å²) in [6.07, 6.45) is 4.17. The van der Waals surface area contributed by atoms with E-state index in [0.29, 0.717) is 12.0 Å². The molecule has 5 nitrogen and oxygen atoms in total. The van der Waals surface area contributed by atoms with E-state index in [1.54, 1.807) is 0 Å². The zero-order valence-corrected chi connectivity index (χ0v) is 17.5. The number of piperazine rings is 1. The third-order valence-corrected chi connectivity index (χ3v) is 5.60. The van der Waals surface area contributed by atoms with Crippen LogP contribution in [-0.2, 0) is 19.4 Å². The van der Waals surface area contributed by atoms with E-state index in [4.69, 9.17) is 0 Å².